The van der Waals surface area contributed by atoms with Gasteiger partial charge in [-0.15, -0.1) is 0 Å². The molecule has 2 nitrogen and oxygen atoms in total. The van der Waals surface area contributed by atoms with Gasteiger partial charge < -0.3 is 4.90 Å². The molecule has 1 aromatic heterocycles. The summed E-state index contributed by atoms with van der Waals surface area (Å²) in [5, 5.41) is 1.39. The maximum Gasteiger partial charge on any atom is 0.0708 e. The number of benzene rings is 1. The number of hydrogen-bond acceptors (Lipinski definition) is 2. The van der Waals surface area contributed by atoms with Gasteiger partial charge in [0, 0.05) is 11.1 Å². The molecule has 2 aliphatic rings. The van der Waals surface area contributed by atoms with Gasteiger partial charge in [-0.2, -0.15) is 0 Å². The van der Waals surface area contributed by atoms with Crippen molar-refractivity contribution in [1.82, 2.24) is 9.88 Å². The molecule has 1 aliphatic carbocycles. The van der Waals surface area contributed by atoms with Gasteiger partial charge in [0.05, 0.1) is 5.52 Å². The minimum absolute atomic E-state index is 0.989. The van der Waals surface area contributed by atoms with Crippen LogP contribution in [0.1, 0.15) is 94.4 Å². The van der Waals surface area contributed by atoms with E-state index in [2.05, 4.69) is 48.2 Å². The lowest BCUT2D eigenvalue weighted by molar-refractivity contribution is 0.225. The number of piperidine rings is 1. The first-order chi connectivity index (χ1) is 15.8. The molecule has 174 valence electrons. The Balaban J connectivity index is 1.42. The number of rotatable bonds is 11. The third kappa shape index (κ3) is 6.44. The molecule has 2 heteroatoms. The predicted molar refractivity (Wildman–Crippen MR) is 138 cm³/mol. The van der Waals surface area contributed by atoms with E-state index in [9.17, 15) is 0 Å². The summed E-state index contributed by atoms with van der Waals surface area (Å²) in [5.74, 6) is 0.989. The first-order valence-electron chi connectivity index (χ1n) is 13.6. The minimum Gasteiger partial charge on any atom is -0.303 e. The number of unbranched alkanes of at least 4 members (excludes halogenated alkanes) is 1. The van der Waals surface area contributed by atoms with E-state index in [1.54, 1.807) is 5.56 Å². The largest absolute Gasteiger partial charge is 0.303 e. The van der Waals surface area contributed by atoms with E-state index >= 15 is 0 Å². The Hall–Kier alpha value is -1.67. The predicted octanol–water partition coefficient (Wildman–Crippen LogP) is 7.67. The zero-order chi connectivity index (χ0) is 22.0. The van der Waals surface area contributed by atoms with Crippen LogP contribution in [0.3, 0.4) is 0 Å². The van der Waals surface area contributed by atoms with Crippen molar-refractivity contribution in [3.05, 3.63) is 53.2 Å². The van der Waals surface area contributed by atoms with Crippen LogP contribution in [0.5, 0.6) is 0 Å². The molecule has 0 unspecified atom stereocenters. The normalized spacial score (nSPS) is 18.3. The third-order valence-electron chi connectivity index (χ3n) is 7.84. The lowest BCUT2D eigenvalue weighted by atomic mass is 9.92. The summed E-state index contributed by atoms with van der Waals surface area (Å²) >= 11 is 0. The second-order valence-corrected chi connectivity index (χ2v) is 10.1. The molecular formula is C30H44N2. The molecule has 32 heavy (non-hydrogen) atoms. The van der Waals surface area contributed by atoms with E-state index in [4.69, 9.17) is 4.98 Å². The summed E-state index contributed by atoms with van der Waals surface area (Å²) in [4.78, 5) is 7.76. The smallest absolute Gasteiger partial charge is 0.0708 e. The maximum absolute atomic E-state index is 5.08. The highest BCUT2D eigenvalue weighted by Crippen LogP contribution is 2.29. The number of hydrogen-bond donors (Lipinski definition) is 0. The molecule has 1 saturated heterocycles. The Morgan fingerprint density at radius 1 is 0.938 bits per heavy atom. The molecule has 0 amide bonds. The van der Waals surface area contributed by atoms with Crippen molar-refractivity contribution in [3.8, 4) is 0 Å². The van der Waals surface area contributed by atoms with Crippen molar-refractivity contribution >= 4 is 10.9 Å². The van der Waals surface area contributed by atoms with Crippen LogP contribution in [0, 0.1) is 5.92 Å². The highest BCUT2D eigenvalue weighted by molar-refractivity contribution is 5.83. The van der Waals surface area contributed by atoms with E-state index in [0.29, 0.717) is 0 Å². The highest BCUT2D eigenvalue weighted by atomic mass is 15.1. The molecule has 2 fully saturated rings. The third-order valence-corrected chi connectivity index (χ3v) is 7.84. The Bertz CT molecular complexity index is 857. The van der Waals surface area contributed by atoms with Crippen LogP contribution < -0.4 is 0 Å². The lowest BCUT2D eigenvalue weighted by Crippen LogP contribution is -2.30. The maximum atomic E-state index is 5.08. The Kier molecular flexibility index (Phi) is 9.20. The van der Waals surface area contributed by atoms with Crippen LogP contribution in [0.25, 0.3) is 10.9 Å². The fraction of sp³-hybridized carbons (Fsp3) is 0.633. The first-order valence-corrected chi connectivity index (χ1v) is 13.6. The molecule has 1 saturated carbocycles. The van der Waals surface area contributed by atoms with Gasteiger partial charge in [0.25, 0.3) is 0 Å². The summed E-state index contributed by atoms with van der Waals surface area (Å²) < 4.78 is 0. The van der Waals surface area contributed by atoms with E-state index in [-0.39, 0.29) is 0 Å². The minimum atomic E-state index is 0.989. The van der Waals surface area contributed by atoms with Crippen molar-refractivity contribution in [2.24, 2.45) is 5.92 Å². The second kappa shape index (κ2) is 12.5. The van der Waals surface area contributed by atoms with Crippen LogP contribution in [-0.2, 0) is 19.3 Å². The molecule has 0 atom stereocenters. The van der Waals surface area contributed by atoms with E-state index < -0.39 is 0 Å². The number of pyridine rings is 1. The molecule has 0 N–H and O–H groups in total. The molecule has 1 aromatic carbocycles. The number of nitrogens with zero attached hydrogens (tertiary/aromatic N) is 2. The highest BCUT2D eigenvalue weighted by Gasteiger charge is 2.15. The van der Waals surface area contributed by atoms with Gasteiger partial charge in [-0.3, -0.25) is 4.98 Å². The van der Waals surface area contributed by atoms with E-state index in [1.807, 2.05) is 0 Å². The van der Waals surface area contributed by atoms with Crippen LogP contribution >= 0.6 is 0 Å². The van der Waals surface area contributed by atoms with Gasteiger partial charge in [-0.05, 0) is 101 Å². The fourth-order valence-corrected chi connectivity index (χ4v) is 5.97. The number of aromatic nitrogens is 1. The van der Waals surface area contributed by atoms with Gasteiger partial charge in [0.2, 0.25) is 0 Å². The molecule has 0 spiro atoms. The lowest BCUT2D eigenvalue weighted by Gasteiger charge is -2.26. The number of aryl methyl sites for hydroxylation is 2. The van der Waals surface area contributed by atoms with Crippen molar-refractivity contribution in [3.63, 3.8) is 0 Å². The average Bonchev–Trinajstić information content (AvgIpc) is 3.36. The topological polar surface area (TPSA) is 16.1 Å². The Morgan fingerprint density at radius 3 is 2.56 bits per heavy atom. The zero-order valence-electron chi connectivity index (χ0n) is 20.5. The van der Waals surface area contributed by atoms with Crippen molar-refractivity contribution in [2.45, 2.75) is 96.8 Å². The first kappa shape index (κ1) is 23.5. The SMILES string of the molecule is CCc1nc2ccccc2c(CCCCN2CCCCC2)c1C/C=C/CCC1CCCC1. The number of allylic oxidation sites excluding steroid dienone is 2. The average molecular weight is 433 g/mol. The molecule has 4 rings (SSSR count). The van der Waals surface area contributed by atoms with E-state index in [0.717, 1.165) is 18.8 Å². The standard InChI is InChI=1S/C30H44N2/c1-2-29-27(19-6-3-5-15-25-16-7-8-17-25)26(28-20-9-10-21-30(28)31-29)18-11-14-24-32-22-12-4-13-23-32/h3,6,9-10,20-21,25H,2,4-5,7-8,11-19,22-24H2,1H3/b6-3+. The second-order valence-electron chi connectivity index (χ2n) is 10.1. The monoisotopic (exact) mass is 432 g/mol. The van der Waals surface area contributed by atoms with Gasteiger partial charge in [-0.1, -0.05) is 69.4 Å². The number of para-hydroxylation sites is 1. The number of fused-ring (bicyclic) bond motifs is 1. The summed E-state index contributed by atoms with van der Waals surface area (Å²) in [6, 6.07) is 8.83. The van der Waals surface area contributed by atoms with Crippen molar-refractivity contribution < 1.29 is 0 Å². The summed E-state index contributed by atoms with van der Waals surface area (Å²) in [5.41, 5.74) is 5.59. The van der Waals surface area contributed by atoms with Crippen molar-refractivity contribution in [1.29, 1.82) is 0 Å². The quantitative estimate of drug-likeness (QED) is 0.267. The van der Waals surface area contributed by atoms with Gasteiger partial charge in [0.15, 0.2) is 0 Å². The molecule has 1 aliphatic heterocycles. The zero-order valence-corrected chi connectivity index (χ0v) is 20.5. The van der Waals surface area contributed by atoms with Gasteiger partial charge in [-0.25, -0.2) is 0 Å². The molecular weight excluding hydrogens is 388 g/mol. The van der Waals surface area contributed by atoms with Gasteiger partial charge >= 0.3 is 0 Å². The molecule has 2 heterocycles. The van der Waals surface area contributed by atoms with Crippen LogP contribution in [0.4, 0.5) is 0 Å². The van der Waals surface area contributed by atoms with Crippen LogP contribution in [-0.4, -0.2) is 29.5 Å². The summed E-state index contributed by atoms with van der Waals surface area (Å²) in [6.45, 7) is 6.18. The fourth-order valence-electron chi connectivity index (χ4n) is 5.97. The molecule has 0 radical (unpaired) electrons. The molecule has 2 aromatic rings. The van der Waals surface area contributed by atoms with E-state index in [1.165, 1.54) is 119 Å². The van der Waals surface area contributed by atoms with Crippen LogP contribution in [0.15, 0.2) is 36.4 Å². The van der Waals surface area contributed by atoms with Gasteiger partial charge in [0.1, 0.15) is 0 Å². The Labute approximate surface area is 196 Å². The number of likely N-dealkylation sites (tertiary alicyclic amines) is 1. The summed E-state index contributed by atoms with van der Waals surface area (Å²) in [6.07, 6.45) is 23.4. The summed E-state index contributed by atoms with van der Waals surface area (Å²) in [7, 11) is 0. The van der Waals surface area contributed by atoms with Crippen molar-refractivity contribution in [2.75, 3.05) is 19.6 Å². The molecule has 0 bridgehead atoms. The van der Waals surface area contributed by atoms with Crippen LogP contribution in [0.2, 0.25) is 0 Å². The Morgan fingerprint density at radius 2 is 1.75 bits per heavy atom.